The first kappa shape index (κ1) is 15.2. The van der Waals surface area contributed by atoms with Gasteiger partial charge in [-0.05, 0) is 74.6 Å². The van der Waals surface area contributed by atoms with Crippen LogP contribution < -0.4 is 4.74 Å². The van der Waals surface area contributed by atoms with E-state index >= 15 is 0 Å². The van der Waals surface area contributed by atoms with Gasteiger partial charge in [-0.1, -0.05) is 15.9 Å². The van der Waals surface area contributed by atoms with Crippen LogP contribution in [-0.2, 0) is 16.6 Å². The molecule has 6 rings (SSSR count). The molecule has 1 aromatic rings. The van der Waals surface area contributed by atoms with E-state index < -0.39 is 0 Å². The molecule has 1 spiro atoms. The van der Waals surface area contributed by atoms with E-state index in [4.69, 9.17) is 4.74 Å². The summed E-state index contributed by atoms with van der Waals surface area (Å²) in [4.78, 5) is 15.6. The number of rotatable bonds is 2. The van der Waals surface area contributed by atoms with Gasteiger partial charge in [0.25, 0.3) is 0 Å². The number of piperidine rings is 1. The number of carbonyl (C=O) groups is 1. The van der Waals surface area contributed by atoms with Crippen LogP contribution in [0.15, 0.2) is 10.5 Å². The van der Waals surface area contributed by atoms with Gasteiger partial charge in [-0.2, -0.15) is 0 Å². The van der Waals surface area contributed by atoms with E-state index in [0.717, 1.165) is 37.5 Å². The zero-order chi connectivity index (χ0) is 16.9. The molecule has 3 aliphatic carbocycles. The van der Waals surface area contributed by atoms with E-state index in [1.54, 1.807) is 0 Å². The molecule has 2 saturated carbocycles. The zero-order valence-electron chi connectivity index (χ0n) is 14.7. The topological polar surface area (TPSA) is 29.5 Å². The summed E-state index contributed by atoms with van der Waals surface area (Å²) in [5, 5.41) is 0. The van der Waals surface area contributed by atoms with E-state index in [-0.39, 0.29) is 11.5 Å². The molecule has 3 fully saturated rings. The third kappa shape index (κ3) is 1.83. The minimum absolute atomic E-state index is 0.0441. The van der Waals surface area contributed by atoms with Gasteiger partial charge in [-0.25, -0.2) is 0 Å². The number of benzene rings is 1. The van der Waals surface area contributed by atoms with Crippen molar-refractivity contribution < 1.29 is 9.53 Å². The van der Waals surface area contributed by atoms with Gasteiger partial charge in [-0.15, -0.1) is 0 Å². The number of likely N-dealkylation sites (tertiary alicyclic amines) is 1. The Hall–Kier alpha value is -0.870. The number of Topliss-reactive ketones (excluding diaryl/α,β-unsaturated/α-hetero) is 1. The fourth-order valence-electron chi connectivity index (χ4n) is 6.48. The summed E-state index contributed by atoms with van der Waals surface area (Å²) in [6, 6.07) is 2.79. The number of ether oxygens (including phenoxy) is 1. The Morgan fingerprint density at radius 3 is 3.00 bits per heavy atom. The van der Waals surface area contributed by atoms with Crippen LogP contribution in [0, 0.1) is 18.8 Å². The van der Waals surface area contributed by atoms with Crippen molar-refractivity contribution in [2.45, 2.75) is 63.0 Å². The predicted molar refractivity (Wildman–Crippen MR) is 99.1 cm³/mol. The molecule has 4 unspecified atom stereocenters. The molecule has 5 aliphatic rings. The Morgan fingerprint density at radius 1 is 1.36 bits per heavy atom. The normalized spacial score (nSPS) is 38.5. The SMILES string of the molecule is Cc1cc(Br)c2c3c1OC1C(=O)CCC4C(C2)N(CC2CC2)CCC314. The highest BCUT2D eigenvalue weighted by Crippen LogP contribution is 2.63. The Morgan fingerprint density at radius 2 is 2.20 bits per heavy atom. The Balaban J connectivity index is 1.56. The molecule has 2 aliphatic heterocycles. The minimum atomic E-state index is -0.223. The van der Waals surface area contributed by atoms with Gasteiger partial charge in [0, 0.05) is 34.5 Å². The molecule has 4 heteroatoms. The van der Waals surface area contributed by atoms with E-state index in [2.05, 4.69) is 33.8 Å². The maximum absolute atomic E-state index is 12.8. The molecule has 2 bridgehead atoms. The van der Waals surface area contributed by atoms with Gasteiger partial charge in [0.05, 0.1) is 0 Å². The first-order valence-corrected chi connectivity index (χ1v) is 10.6. The molecule has 0 aromatic heterocycles. The number of hydrogen-bond acceptors (Lipinski definition) is 3. The summed E-state index contributed by atoms with van der Waals surface area (Å²) >= 11 is 3.85. The van der Waals surface area contributed by atoms with Crippen molar-refractivity contribution in [2.75, 3.05) is 13.1 Å². The van der Waals surface area contributed by atoms with Crippen LogP contribution in [0.1, 0.15) is 48.8 Å². The highest BCUT2D eigenvalue weighted by Gasteiger charge is 2.66. The van der Waals surface area contributed by atoms with Crippen LogP contribution >= 0.6 is 15.9 Å². The lowest BCUT2D eigenvalue weighted by Crippen LogP contribution is -2.66. The number of carbonyl (C=O) groups excluding carboxylic acids is 1. The Kier molecular flexibility index (Phi) is 2.98. The molecule has 0 amide bonds. The highest BCUT2D eigenvalue weighted by molar-refractivity contribution is 9.10. The molecule has 0 N–H and O–H groups in total. The first-order valence-electron chi connectivity index (χ1n) is 9.85. The fourth-order valence-corrected chi connectivity index (χ4v) is 7.18. The number of halogens is 1. The van der Waals surface area contributed by atoms with Crippen LogP contribution in [0.4, 0.5) is 0 Å². The van der Waals surface area contributed by atoms with Gasteiger partial charge in [0.1, 0.15) is 5.75 Å². The van der Waals surface area contributed by atoms with E-state index in [0.29, 0.717) is 24.2 Å². The Labute approximate surface area is 157 Å². The fraction of sp³-hybridized carbons (Fsp3) is 0.667. The highest BCUT2D eigenvalue weighted by atomic mass is 79.9. The molecule has 2 heterocycles. The zero-order valence-corrected chi connectivity index (χ0v) is 16.3. The molecule has 1 saturated heterocycles. The lowest BCUT2D eigenvalue weighted by atomic mass is 9.51. The number of nitrogens with zero attached hydrogens (tertiary/aromatic N) is 1. The van der Waals surface area contributed by atoms with Crippen molar-refractivity contribution in [2.24, 2.45) is 11.8 Å². The largest absolute Gasteiger partial charge is 0.481 e. The van der Waals surface area contributed by atoms with Crippen molar-refractivity contribution in [1.29, 1.82) is 0 Å². The molecule has 25 heavy (non-hydrogen) atoms. The second-order valence-corrected chi connectivity index (χ2v) is 9.82. The van der Waals surface area contributed by atoms with E-state index in [9.17, 15) is 4.79 Å². The predicted octanol–water partition coefficient (Wildman–Crippen LogP) is 3.78. The van der Waals surface area contributed by atoms with Crippen molar-refractivity contribution in [3.05, 3.63) is 27.2 Å². The van der Waals surface area contributed by atoms with Gasteiger partial charge in [0.15, 0.2) is 11.9 Å². The monoisotopic (exact) mass is 401 g/mol. The molecule has 3 nitrogen and oxygen atoms in total. The van der Waals surface area contributed by atoms with Gasteiger partial charge < -0.3 is 4.74 Å². The average molecular weight is 402 g/mol. The summed E-state index contributed by atoms with van der Waals surface area (Å²) in [5.41, 5.74) is 3.97. The number of ketones is 1. The van der Waals surface area contributed by atoms with Gasteiger partial charge in [0.2, 0.25) is 0 Å². The Bertz CT molecular complexity index is 802. The lowest BCUT2D eigenvalue weighted by molar-refractivity contribution is -0.138. The third-order valence-electron chi connectivity index (χ3n) is 7.69. The summed E-state index contributed by atoms with van der Waals surface area (Å²) in [5.74, 6) is 2.89. The maximum Gasteiger partial charge on any atom is 0.174 e. The minimum Gasteiger partial charge on any atom is -0.481 e. The van der Waals surface area contributed by atoms with Gasteiger partial charge >= 0.3 is 0 Å². The smallest absolute Gasteiger partial charge is 0.174 e. The van der Waals surface area contributed by atoms with Crippen molar-refractivity contribution >= 4 is 21.7 Å². The van der Waals surface area contributed by atoms with Crippen molar-refractivity contribution in [3.8, 4) is 5.75 Å². The number of hydrogen-bond donors (Lipinski definition) is 0. The van der Waals surface area contributed by atoms with Crippen LogP contribution in [-0.4, -0.2) is 35.9 Å². The lowest BCUT2D eigenvalue weighted by Gasteiger charge is -2.58. The standard InChI is InChI=1S/C21H24BrNO2/c1-11-8-15(22)13-9-16-14-4-5-17(24)20-21(14,18(13)19(11)25-20)6-7-23(16)10-12-2-3-12/h8,12,14,16,20H,2-7,9-10H2,1H3. The summed E-state index contributed by atoms with van der Waals surface area (Å²) < 4.78 is 7.64. The van der Waals surface area contributed by atoms with Gasteiger partial charge in [-0.3, -0.25) is 9.69 Å². The van der Waals surface area contributed by atoms with E-state index in [1.165, 1.54) is 40.5 Å². The summed E-state index contributed by atoms with van der Waals surface area (Å²) in [6.45, 7) is 4.53. The molecular formula is C21H24BrNO2. The average Bonchev–Trinajstić information content (AvgIpc) is 3.33. The summed E-state index contributed by atoms with van der Waals surface area (Å²) in [6.07, 6.45) is 6.56. The van der Waals surface area contributed by atoms with Crippen LogP contribution in [0.25, 0.3) is 0 Å². The second-order valence-electron chi connectivity index (χ2n) is 8.97. The molecular weight excluding hydrogens is 378 g/mol. The second kappa shape index (κ2) is 4.89. The van der Waals surface area contributed by atoms with Crippen LogP contribution in [0.2, 0.25) is 0 Å². The molecule has 4 atom stereocenters. The van der Waals surface area contributed by atoms with Crippen LogP contribution in [0.3, 0.4) is 0 Å². The molecule has 0 radical (unpaired) electrons. The van der Waals surface area contributed by atoms with Crippen molar-refractivity contribution in [3.63, 3.8) is 0 Å². The van der Waals surface area contributed by atoms with Crippen LogP contribution in [0.5, 0.6) is 5.75 Å². The third-order valence-corrected chi connectivity index (χ3v) is 8.40. The quantitative estimate of drug-likeness (QED) is 0.754. The van der Waals surface area contributed by atoms with Crippen molar-refractivity contribution in [1.82, 2.24) is 4.90 Å². The molecule has 1 aromatic carbocycles. The number of aryl methyl sites for hydroxylation is 1. The first-order chi connectivity index (χ1) is 12.1. The molecule has 132 valence electrons. The summed E-state index contributed by atoms with van der Waals surface area (Å²) in [7, 11) is 0. The maximum atomic E-state index is 12.8. The van der Waals surface area contributed by atoms with E-state index in [1.807, 2.05) is 0 Å².